The number of aliphatic carboxylic acids is 1. The summed E-state index contributed by atoms with van der Waals surface area (Å²) in [7, 11) is 0. The molecule has 172 valence electrons. The second-order valence-electron chi connectivity index (χ2n) is 6.95. The standard InChI is InChI=1S/C20H30N4O5S2/c1-12(22-18(26)14(21)11-30)17(25)24-16(10-13-6-4-3-5-7-13)19(27)23-15(20(28)29)8-9-31-2/h3-7,12,14-16,30H,8-11,21H2,1-2H3,(H,22,26)(H,23,27)(H,24,25)(H,28,29). The minimum atomic E-state index is -1.14. The second-order valence-corrected chi connectivity index (χ2v) is 8.30. The van der Waals surface area contributed by atoms with Gasteiger partial charge in [-0.1, -0.05) is 30.3 Å². The summed E-state index contributed by atoms with van der Waals surface area (Å²) in [6, 6.07) is 5.11. The zero-order chi connectivity index (χ0) is 23.4. The van der Waals surface area contributed by atoms with Gasteiger partial charge in [-0.3, -0.25) is 14.4 Å². The first-order chi connectivity index (χ1) is 14.7. The number of thiol groups is 1. The number of hydrogen-bond donors (Lipinski definition) is 6. The predicted octanol–water partition coefficient (Wildman–Crippen LogP) is -0.202. The Morgan fingerprint density at radius 2 is 1.65 bits per heavy atom. The third-order valence-electron chi connectivity index (χ3n) is 4.43. The number of carbonyl (C=O) groups excluding carboxylic acids is 3. The van der Waals surface area contributed by atoms with Gasteiger partial charge in [0.15, 0.2) is 0 Å². The van der Waals surface area contributed by atoms with Crippen LogP contribution >= 0.6 is 24.4 Å². The van der Waals surface area contributed by atoms with Crippen molar-refractivity contribution in [1.29, 1.82) is 0 Å². The molecule has 1 rings (SSSR count). The van der Waals surface area contributed by atoms with E-state index in [1.165, 1.54) is 18.7 Å². The predicted molar refractivity (Wildman–Crippen MR) is 124 cm³/mol. The summed E-state index contributed by atoms with van der Waals surface area (Å²) in [4.78, 5) is 48.8. The monoisotopic (exact) mass is 470 g/mol. The van der Waals surface area contributed by atoms with E-state index >= 15 is 0 Å². The van der Waals surface area contributed by atoms with Gasteiger partial charge in [0, 0.05) is 12.2 Å². The number of hydrogen-bond acceptors (Lipinski definition) is 7. The highest BCUT2D eigenvalue weighted by Gasteiger charge is 2.28. The van der Waals surface area contributed by atoms with E-state index < -0.39 is 47.9 Å². The molecule has 0 aliphatic heterocycles. The fourth-order valence-corrected chi connectivity index (χ4v) is 3.23. The van der Waals surface area contributed by atoms with Gasteiger partial charge in [-0.05, 0) is 30.9 Å². The maximum absolute atomic E-state index is 12.8. The Bertz CT molecular complexity index is 750. The number of carbonyl (C=O) groups is 4. The van der Waals surface area contributed by atoms with E-state index in [1.54, 1.807) is 24.3 Å². The minimum Gasteiger partial charge on any atom is -0.480 e. The van der Waals surface area contributed by atoms with E-state index in [9.17, 15) is 24.3 Å². The number of amides is 3. The lowest BCUT2D eigenvalue weighted by atomic mass is 10.0. The first-order valence-electron chi connectivity index (χ1n) is 9.72. The van der Waals surface area contributed by atoms with Gasteiger partial charge in [0.05, 0.1) is 6.04 Å². The molecule has 0 spiro atoms. The number of thioether (sulfide) groups is 1. The molecule has 11 heteroatoms. The quantitative estimate of drug-likeness (QED) is 0.219. The minimum absolute atomic E-state index is 0.117. The summed E-state index contributed by atoms with van der Waals surface area (Å²) in [6.07, 6.45) is 2.25. The van der Waals surface area contributed by atoms with Crippen molar-refractivity contribution < 1.29 is 24.3 Å². The molecule has 3 amide bonds. The van der Waals surface area contributed by atoms with Crippen molar-refractivity contribution in [1.82, 2.24) is 16.0 Å². The normalized spacial score (nSPS) is 14.6. The zero-order valence-corrected chi connectivity index (χ0v) is 19.2. The van der Waals surface area contributed by atoms with Crippen LogP contribution in [0.2, 0.25) is 0 Å². The van der Waals surface area contributed by atoms with Gasteiger partial charge in [-0.25, -0.2) is 4.79 Å². The maximum Gasteiger partial charge on any atom is 0.326 e. The molecule has 4 atom stereocenters. The van der Waals surface area contributed by atoms with Crippen molar-refractivity contribution in [3.05, 3.63) is 35.9 Å². The van der Waals surface area contributed by atoms with E-state index in [4.69, 9.17) is 5.73 Å². The van der Waals surface area contributed by atoms with Crippen molar-refractivity contribution >= 4 is 48.1 Å². The lowest BCUT2D eigenvalue weighted by molar-refractivity contribution is -0.142. The van der Waals surface area contributed by atoms with E-state index in [0.29, 0.717) is 5.75 Å². The Kier molecular flexibility index (Phi) is 12.1. The fourth-order valence-electron chi connectivity index (χ4n) is 2.59. The third kappa shape index (κ3) is 9.62. The molecule has 0 aliphatic rings. The molecule has 0 bridgehead atoms. The van der Waals surface area contributed by atoms with E-state index in [1.807, 2.05) is 12.3 Å². The van der Waals surface area contributed by atoms with Crippen LogP contribution in [0.25, 0.3) is 0 Å². The largest absolute Gasteiger partial charge is 0.480 e. The highest BCUT2D eigenvalue weighted by atomic mass is 32.2. The number of carboxylic acids is 1. The molecule has 0 radical (unpaired) electrons. The molecule has 1 aromatic carbocycles. The van der Waals surface area contributed by atoms with Gasteiger partial charge in [0.1, 0.15) is 18.1 Å². The van der Waals surface area contributed by atoms with Crippen molar-refractivity contribution in [2.45, 2.75) is 43.9 Å². The Morgan fingerprint density at radius 1 is 1.03 bits per heavy atom. The molecule has 0 heterocycles. The van der Waals surface area contributed by atoms with E-state index in [-0.39, 0.29) is 18.6 Å². The van der Waals surface area contributed by atoms with Crippen LogP contribution in [0.4, 0.5) is 0 Å². The van der Waals surface area contributed by atoms with Crippen molar-refractivity contribution in [3.63, 3.8) is 0 Å². The van der Waals surface area contributed by atoms with Gasteiger partial charge >= 0.3 is 5.97 Å². The molecule has 0 aromatic heterocycles. The van der Waals surface area contributed by atoms with Crippen molar-refractivity contribution in [2.24, 2.45) is 5.73 Å². The molecule has 0 saturated carbocycles. The van der Waals surface area contributed by atoms with Crippen LogP contribution in [0.15, 0.2) is 30.3 Å². The summed E-state index contributed by atoms with van der Waals surface area (Å²) in [5.41, 5.74) is 6.38. The topological polar surface area (TPSA) is 151 Å². The number of nitrogens with two attached hydrogens (primary N) is 1. The van der Waals surface area contributed by atoms with Gasteiger partial charge < -0.3 is 26.8 Å². The lowest BCUT2D eigenvalue weighted by Crippen LogP contribution is -2.57. The molecular weight excluding hydrogens is 440 g/mol. The fraction of sp³-hybridized carbons (Fsp3) is 0.500. The van der Waals surface area contributed by atoms with Crippen LogP contribution in [0, 0.1) is 0 Å². The summed E-state index contributed by atoms with van der Waals surface area (Å²) in [5.74, 6) is -2.21. The van der Waals surface area contributed by atoms with Crippen LogP contribution in [0.1, 0.15) is 18.9 Å². The Morgan fingerprint density at radius 3 is 2.19 bits per heavy atom. The second kappa shape index (κ2) is 13.9. The molecule has 9 nitrogen and oxygen atoms in total. The molecule has 1 aromatic rings. The summed E-state index contributed by atoms with van der Waals surface area (Å²) in [5, 5.41) is 17.0. The van der Waals surface area contributed by atoms with Crippen molar-refractivity contribution in [3.8, 4) is 0 Å². The summed E-state index contributed by atoms with van der Waals surface area (Å²) in [6.45, 7) is 1.47. The van der Waals surface area contributed by atoms with Crippen LogP contribution in [-0.4, -0.2) is 70.7 Å². The first kappa shape index (κ1) is 26.8. The average molecular weight is 471 g/mol. The summed E-state index contributed by atoms with van der Waals surface area (Å²) < 4.78 is 0. The van der Waals surface area contributed by atoms with Crippen LogP contribution in [0.3, 0.4) is 0 Å². The number of carboxylic acid groups (broad SMARTS) is 1. The average Bonchev–Trinajstić information content (AvgIpc) is 2.75. The molecule has 31 heavy (non-hydrogen) atoms. The molecule has 6 N–H and O–H groups in total. The van der Waals surface area contributed by atoms with Gasteiger partial charge in [-0.2, -0.15) is 24.4 Å². The van der Waals surface area contributed by atoms with Gasteiger partial charge in [0.2, 0.25) is 17.7 Å². The molecule has 0 fully saturated rings. The van der Waals surface area contributed by atoms with Crippen molar-refractivity contribution in [2.75, 3.05) is 17.8 Å². The lowest BCUT2D eigenvalue weighted by Gasteiger charge is -2.24. The van der Waals surface area contributed by atoms with Gasteiger partial charge in [0.25, 0.3) is 0 Å². The highest BCUT2D eigenvalue weighted by molar-refractivity contribution is 7.98. The Balaban J connectivity index is 2.92. The Labute approximate surface area is 191 Å². The number of benzene rings is 1. The Hall–Kier alpha value is -2.24. The molecular formula is C20H30N4O5S2. The van der Waals surface area contributed by atoms with E-state index in [0.717, 1.165) is 5.56 Å². The number of nitrogens with one attached hydrogen (secondary N) is 3. The smallest absolute Gasteiger partial charge is 0.326 e. The van der Waals surface area contributed by atoms with Crippen LogP contribution in [0.5, 0.6) is 0 Å². The number of rotatable bonds is 13. The SMILES string of the molecule is CSCCC(NC(=O)C(Cc1ccccc1)NC(=O)C(C)NC(=O)C(N)CS)C(=O)O. The molecule has 0 aliphatic carbocycles. The molecule has 0 saturated heterocycles. The highest BCUT2D eigenvalue weighted by Crippen LogP contribution is 2.06. The first-order valence-corrected chi connectivity index (χ1v) is 11.7. The van der Waals surface area contributed by atoms with E-state index in [2.05, 4.69) is 28.6 Å². The van der Waals surface area contributed by atoms with Crippen LogP contribution < -0.4 is 21.7 Å². The maximum atomic E-state index is 12.8. The zero-order valence-electron chi connectivity index (χ0n) is 17.5. The summed E-state index contributed by atoms with van der Waals surface area (Å²) >= 11 is 5.42. The van der Waals surface area contributed by atoms with Gasteiger partial charge in [-0.15, -0.1) is 0 Å². The third-order valence-corrected chi connectivity index (χ3v) is 5.46. The molecule has 4 unspecified atom stereocenters. The van der Waals surface area contributed by atoms with Crippen LogP contribution in [-0.2, 0) is 25.6 Å².